The molecule has 0 saturated heterocycles. The van der Waals surface area contributed by atoms with Crippen LogP contribution in [0.5, 0.6) is 0 Å². The monoisotopic (exact) mass is 428 g/mol. The molecule has 1 aliphatic carbocycles. The molecule has 0 aliphatic heterocycles. The van der Waals surface area contributed by atoms with Gasteiger partial charge >= 0.3 is 0 Å². The third-order valence-electron chi connectivity index (χ3n) is 5.77. The molecule has 2 amide bonds. The van der Waals surface area contributed by atoms with Crippen molar-refractivity contribution in [2.24, 2.45) is 13.0 Å². The molecular formula is C22H28N4O3S. The van der Waals surface area contributed by atoms with Crippen molar-refractivity contribution in [3.8, 4) is 6.07 Å². The highest BCUT2D eigenvalue weighted by Gasteiger charge is 2.33. The van der Waals surface area contributed by atoms with Crippen LogP contribution in [0.3, 0.4) is 0 Å². The van der Waals surface area contributed by atoms with Gasteiger partial charge in [0.1, 0.15) is 11.7 Å². The summed E-state index contributed by atoms with van der Waals surface area (Å²) in [5.74, 6) is -0.424. The van der Waals surface area contributed by atoms with Crippen LogP contribution in [0.1, 0.15) is 42.6 Å². The number of nitrogens with one attached hydrogen (secondary N) is 2. The Bertz CT molecular complexity index is 994. The van der Waals surface area contributed by atoms with E-state index in [2.05, 4.69) is 16.7 Å². The van der Waals surface area contributed by atoms with Crippen molar-refractivity contribution in [1.29, 1.82) is 5.26 Å². The number of fused-ring (bicyclic) bond motifs is 1. The SMILES string of the molecule is Cn1c(C(=O)N[C@H]2CCCC[C@H]2C(=O)NC(C#N)CC[S@](C)=O)cc2ccccc21. The highest BCUT2D eigenvalue weighted by Crippen LogP contribution is 2.26. The molecule has 2 aromatic rings. The number of hydrogen-bond acceptors (Lipinski definition) is 4. The van der Waals surface area contributed by atoms with Gasteiger partial charge < -0.3 is 15.2 Å². The van der Waals surface area contributed by atoms with Gasteiger partial charge in [-0.05, 0) is 31.4 Å². The van der Waals surface area contributed by atoms with Crippen molar-refractivity contribution in [3.05, 3.63) is 36.0 Å². The molecule has 3 rings (SSSR count). The molecule has 0 radical (unpaired) electrons. The molecule has 1 aromatic heterocycles. The zero-order chi connectivity index (χ0) is 21.7. The van der Waals surface area contributed by atoms with Crippen LogP contribution in [0, 0.1) is 17.2 Å². The van der Waals surface area contributed by atoms with Gasteiger partial charge in [0, 0.05) is 46.8 Å². The molecule has 2 N–H and O–H groups in total. The molecule has 1 fully saturated rings. The minimum absolute atomic E-state index is 0.198. The number of aryl methyl sites for hydroxylation is 1. The summed E-state index contributed by atoms with van der Waals surface area (Å²) < 4.78 is 13.2. The van der Waals surface area contributed by atoms with Crippen LogP contribution in [0.25, 0.3) is 10.9 Å². The van der Waals surface area contributed by atoms with Gasteiger partial charge in [0.25, 0.3) is 5.91 Å². The smallest absolute Gasteiger partial charge is 0.268 e. The standard InChI is InChI=1S/C22H28N4O3S/c1-26-19-10-6-3-7-15(19)13-20(26)22(28)25-18-9-5-4-8-17(18)21(27)24-16(14-23)11-12-30(2)29/h3,6-7,10,13,16-18H,4-5,8-9,11-12H2,1-2H3,(H,24,27)(H,25,28)/t16?,17-,18+,30+/m1/s1. The molecule has 1 unspecified atom stereocenters. The van der Waals surface area contributed by atoms with Gasteiger partial charge in [-0.3, -0.25) is 13.8 Å². The first-order chi connectivity index (χ1) is 14.4. The fourth-order valence-electron chi connectivity index (χ4n) is 4.10. The summed E-state index contributed by atoms with van der Waals surface area (Å²) in [4.78, 5) is 25.8. The van der Waals surface area contributed by atoms with Crippen LogP contribution in [0.4, 0.5) is 0 Å². The number of nitriles is 1. The normalized spacial score (nSPS) is 20.8. The average Bonchev–Trinajstić information content (AvgIpc) is 3.08. The highest BCUT2D eigenvalue weighted by atomic mass is 32.2. The third kappa shape index (κ3) is 5.08. The van der Waals surface area contributed by atoms with Crippen LogP contribution in [-0.2, 0) is 22.6 Å². The molecule has 0 bridgehead atoms. The van der Waals surface area contributed by atoms with Crippen molar-refractivity contribution < 1.29 is 13.8 Å². The fraction of sp³-hybridized carbons (Fsp3) is 0.500. The van der Waals surface area contributed by atoms with Crippen LogP contribution in [0.2, 0.25) is 0 Å². The lowest BCUT2D eigenvalue weighted by molar-refractivity contribution is -0.127. The van der Waals surface area contributed by atoms with Gasteiger partial charge in [0.15, 0.2) is 0 Å². The van der Waals surface area contributed by atoms with E-state index >= 15 is 0 Å². The van der Waals surface area contributed by atoms with Gasteiger partial charge in [-0.15, -0.1) is 0 Å². The minimum atomic E-state index is -1.01. The predicted octanol–water partition coefficient (Wildman–Crippen LogP) is 2.24. The van der Waals surface area contributed by atoms with Crippen LogP contribution in [0.15, 0.2) is 30.3 Å². The van der Waals surface area contributed by atoms with Gasteiger partial charge in [-0.1, -0.05) is 31.0 Å². The van der Waals surface area contributed by atoms with Gasteiger partial charge in [-0.25, -0.2) is 0 Å². The maximum atomic E-state index is 13.0. The zero-order valence-corrected chi connectivity index (χ0v) is 18.2. The molecule has 0 spiro atoms. The van der Waals surface area contributed by atoms with E-state index in [1.807, 2.05) is 41.9 Å². The lowest BCUT2D eigenvalue weighted by Gasteiger charge is -2.31. The Morgan fingerprint density at radius 2 is 2.03 bits per heavy atom. The van der Waals surface area contributed by atoms with Crippen LogP contribution >= 0.6 is 0 Å². The van der Waals surface area contributed by atoms with E-state index in [-0.39, 0.29) is 23.8 Å². The molecule has 7 nitrogen and oxygen atoms in total. The number of carbonyl (C=O) groups is 2. The summed E-state index contributed by atoms with van der Waals surface area (Å²) in [5.41, 5.74) is 1.53. The van der Waals surface area contributed by atoms with E-state index in [0.29, 0.717) is 24.3 Å². The number of aromatic nitrogens is 1. The molecule has 1 saturated carbocycles. The Balaban J connectivity index is 1.69. The van der Waals surface area contributed by atoms with E-state index in [1.54, 1.807) is 6.26 Å². The zero-order valence-electron chi connectivity index (χ0n) is 17.4. The van der Waals surface area contributed by atoms with Gasteiger partial charge in [0.05, 0.1) is 12.0 Å². The van der Waals surface area contributed by atoms with Crippen LogP contribution < -0.4 is 10.6 Å². The Morgan fingerprint density at radius 1 is 1.30 bits per heavy atom. The molecule has 8 heteroatoms. The number of nitrogens with zero attached hydrogens (tertiary/aromatic N) is 2. The molecule has 4 atom stereocenters. The summed E-state index contributed by atoms with van der Waals surface area (Å²) in [6.45, 7) is 0. The Kier molecular flexibility index (Phi) is 7.27. The third-order valence-corrected chi connectivity index (χ3v) is 6.58. The quantitative estimate of drug-likeness (QED) is 0.706. The number of benzene rings is 1. The number of para-hydroxylation sites is 1. The summed E-state index contributed by atoms with van der Waals surface area (Å²) in [6.07, 6.45) is 5.18. The number of amides is 2. The fourth-order valence-corrected chi connectivity index (χ4v) is 4.67. The molecule has 1 aliphatic rings. The van der Waals surface area contributed by atoms with E-state index in [9.17, 15) is 19.1 Å². The van der Waals surface area contributed by atoms with E-state index < -0.39 is 16.8 Å². The number of carbonyl (C=O) groups excluding carboxylic acids is 2. The summed E-state index contributed by atoms with van der Waals surface area (Å²) in [5, 5.41) is 16.1. The Labute approximate surface area is 179 Å². The Morgan fingerprint density at radius 3 is 2.73 bits per heavy atom. The molecule has 1 aromatic carbocycles. The van der Waals surface area contributed by atoms with Crippen molar-refractivity contribution in [2.45, 2.75) is 44.2 Å². The molecule has 30 heavy (non-hydrogen) atoms. The first-order valence-corrected chi connectivity index (χ1v) is 12.0. The average molecular weight is 429 g/mol. The summed E-state index contributed by atoms with van der Waals surface area (Å²) in [7, 11) is 0.844. The van der Waals surface area contributed by atoms with Gasteiger partial charge in [-0.2, -0.15) is 5.26 Å². The molecular weight excluding hydrogens is 400 g/mol. The lowest BCUT2D eigenvalue weighted by atomic mass is 9.83. The largest absolute Gasteiger partial charge is 0.347 e. The second kappa shape index (κ2) is 9.90. The van der Waals surface area contributed by atoms with E-state index in [0.717, 1.165) is 30.2 Å². The lowest BCUT2D eigenvalue weighted by Crippen LogP contribution is -2.50. The topological polar surface area (TPSA) is 104 Å². The molecule has 1 heterocycles. The van der Waals surface area contributed by atoms with E-state index in [4.69, 9.17) is 0 Å². The summed E-state index contributed by atoms with van der Waals surface area (Å²) >= 11 is 0. The first-order valence-electron chi connectivity index (χ1n) is 10.3. The van der Waals surface area contributed by atoms with Crippen molar-refractivity contribution in [1.82, 2.24) is 15.2 Å². The highest BCUT2D eigenvalue weighted by molar-refractivity contribution is 7.84. The Hall–Kier alpha value is -2.66. The van der Waals surface area contributed by atoms with Gasteiger partial charge in [0.2, 0.25) is 5.91 Å². The van der Waals surface area contributed by atoms with E-state index in [1.165, 1.54) is 0 Å². The first kappa shape index (κ1) is 22.0. The molecule has 160 valence electrons. The summed E-state index contributed by atoms with van der Waals surface area (Å²) in [6, 6.07) is 10.8. The number of rotatable bonds is 7. The maximum Gasteiger partial charge on any atom is 0.268 e. The van der Waals surface area contributed by atoms with Crippen LogP contribution in [-0.4, -0.2) is 44.7 Å². The van der Waals surface area contributed by atoms with Crippen molar-refractivity contribution >= 4 is 33.5 Å². The predicted molar refractivity (Wildman–Crippen MR) is 117 cm³/mol. The maximum absolute atomic E-state index is 13.0. The number of hydrogen-bond donors (Lipinski definition) is 2. The van der Waals surface area contributed by atoms with Crippen molar-refractivity contribution in [3.63, 3.8) is 0 Å². The minimum Gasteiger partial charge on any atom is -0.347 e. The van der Waals surface area contributed by atoms with Crippen molar-refractivity contribution in [2.75, 3.05) is 12.0 Å². The second-order valence-corrected chi connectivity index (χ2v) is 9.43. The second-order valence-electron chi connectivity index (χ2n) is 7.87.